The molecule has 0 aliphatic carbocycles. The van der Waals surface area contributed by atoms with E-state index in [-0.39, 0.29) is 5.91 Å². The molecule has 0 saturated carbocycles. The quantitative estimate of drug-likeness (QED) is 0.629. The van der Waals surface area contributed by atoms with Gasteiger partial charge in [0.1, 0.15) is 0 Å². The molecule has 0 saturated heterocycles. The molecule has 1 aromatic carbocycles. The summed E-state index contributed by atoms with van der Waals surface area (Å²) in [6.07, 6.45) is 0. The lowest BCUT2D eigenvalue weighted by atomic mass is 9.95. The Bertz CT molecular complexity index is 443. The Morgan fingerprint density at radius 1 is 1.44 bits per heavy atom. The van der Waals surface area contributed by atoms with Crippen molar-refractivity contribution in [1.29, 1.82) is 0 Å². The summed E-state index contributed by atoms with van der Waals surface area (Å²) in [6, 6.07) is 7.17. The van der Waals surface area contributed by atoms with Crippen LogP contribution in [0.25, 0.3) is 0 Å². The average molecular weight is 234 g/mol. The number of benzene rings is 1. The SMILES string of the molecule is CC(C)(C)C(=O)Nc1cccc(N=C=S)c1. The van der Waals surface area contributed by atoms with E-state index in [1.807, 2.05) is 32.9 Å². The van der Waals surface area contributed by atoms with E-state index in [0.717, 1.165) is 0 Å². The van der Waals surface area contributed by atoms with Crippen molar-refractivity contribution in [2.75, 3.05) is 5.32 Å². The van der Waals surface area contributed by atoms with Crippen LogP contribution in [0.15, 0.2) is 29.3 Å². The van der Waals surface area contributed by atoms with Gasteiger partial charge in [0.15, 0.2) is 0 Å². The van der Waals surface area contributed by atoms with Gasteiger partial charge in [0.25, 0.3) is 0 Å². The number of thiocarbonyl (C=S) groups is 1. The number of carbonyl (C=O) groups excluding carboxylic acids is 1. The molecule has 1 N–H and O–H groups in total. The highest BCUT2D eigenvalue weighted by atomic mass is 32.1. The van der Waals surface area contributed by atoms with Gasteiger partial charge >= 0.3 is 0 Å². The number of anilines is 1. The number of amides is 1. The Hall–Kier alpha value is -1.51. The number of hydrogen-bond donors (Lipinski definition) is 1. The first-order valence-corrected chi connectivity index (χ1v) is 5.34. The molecule has 3 nitrogen and oxygen atoms in total. The molecule has 0 fully saturated rings. The highest BCUT2D eigenvalue weighted by Gasteiger charge is 2.20. The highest BCUT2D eigenvalue weighted by Crippen LogP contribution is 2.20. The van der Waals surface area contributed by atoms with Gasteiger partial charge in [-0.1, -0.05) is 26.8 Å². The van der Waals surface area contributed by atoms with E-state index in [0.29, 0.717) is 11.4 Å². The van der Waals surface area contributed by atoms with Crippen molar-refractivity contribution in [3.05, 3.63) is 24.3 Å². The van der Waals surface area contributed by atoms with Crippen LogP contribution in [0, 0.1) is 5.41 Å². The van der Waals surface area contributed by atoms with Crippen molar-refractivity contribution < 1.29 is 4.79 Å². The topological polar surface area (TPSA) is 41.5 Å². The molecule has 1 aromatic rings. The van der Waals surface area contributed by atoms with Gasteiger partial charge in [-0.05, 0) is 30.4 Å². The van der Waals surface area contributed by atoms with Crippen molar-refractivity contribution >= 4 is 34.7 Å². The average Bonchev–Trinajstić information content (AvgIpc) is 2.17. The van der Waals surface area contributed by atoms with E-state index < -0.39 is 5.41 Å². The van der Waals surface area contributed by atoms with Crippen LogP contribution in [0.1, 0.15) is 20.8 Å². The first kappa shape index (κ1) is 12.6. The summed E-state index contributed by atoms with van der Waals surface area (Å²) >= 11 is 4.52. The van der Waals surface area contributed by atoms with E-state index in [9.17, 15) is 4.79 Å². The second kappa shape index (κ2) is 5.01. The number of isothiocyanates is 1. The fraction of sp³-hybridized carbons (Fsp3) is 0.333. The summed E-state index contributed by atoms with van der Waals surface area (Å²) in [7, 11) is 0. The molecule has 1 rings (SSSR count). The predicted octanol–water partition coefficient (Wildman–Crippen LogP) is 3.41. The third-order valence-corrected chi connectivity index (χ3v) is 2.05. The Kier molecular flexibility index (Phi) is 3.93. The minimum atomic E-state index is -0.413. The summed E-state index contributed by atoms with van der Waals surface area (Å²) < 4.78 is 0. The van der Waals surface area contributed by atoms with Gasteiger partial charge in [0.05, 0.1) is 10.8 Å². The number of rotatable bonds is 2. The fourth-order valence-corrected chi connectivity index (χ4v) is 1.13. The second-order valence-electron chi connectivity index (χ2n) is 4.46. The van der Waals surface area contributed by atoms with E-state index in [2.05, 4.69) is 27.7 Å². The number of carbonyl (C=O) groups is 1. The summed E-state index contributed by atoms with van der Waals surface area (Å²) in [5.41, 5.74) is 0.983. The second-order valence-corrected chi connectivity index (χ2v) is 4.64. The zero-order valence-electron chi connectivity index (χ0n) is 9.57. The molecule has 0 aliphatic rings. The molecule has 0 heterocycles. The highest BCUT2D eigenvalue weighted by molar-refractivity contribution is 7.78. The third kappa shape index (κ3) is 3.57. The van der Waals surface area contributed by atoms with Gasteiger partial charge < -0.3 is 5.32 Å². The van der Waals surface area contributed by atoms with Crippen LogP contribution in [-0.2, 0) is 4.79 Å². The van der Waals surface area contributed by atoms with Crippen LogP contribution < -0.4 is 5.32 Å². The molecule has 4 heteroatoms. The zero-order chi connectivity index (χ0) is 12.2. The molecule has 16 heavy (non-hydrogen) atoms. The predicted molar refractivity (Wildman–Crippen MR) is 69.2 cm³/mol. The van der Waals surface area contributed by atoms with Crippen molar-refractivity contribution in [2.45, 2.75) is 20.8 Å². The first-order valence-electron chi connectivity index (χ1n) is 4.93. The van der Waals surface area contributed by atoms with Gasteiger partial charge in [-0.15, -0.1) is 0 Å². The Labute approximate surface area is 101 Å². The molecule has 0 radical (unpaired) electrons. The number of nitrogens with zero attached hydrogens (tertiary/aromatic N) is 1. The molecule has 0 unspecified atom stereocenters. The molecule has 0 spiro atoms. The molecule has 0 aliphatic heterocycles. The number of hydrogen-bond acceptors (Lipinski definition) is 3. The largest absolute Gasteiger partial charge is 0.326 e. The molecule has 0 atom stereocenters. The van der Waals surface area contributed by atoms with Crippen LogP contribution in [0.5, 0.6) is 0 Å². The lowest BCUT2D eigenvalue weighted by Gasteiger charge is -2.17. The lowest BCUT2D eigenvalue weighted by Crippen LogP contribution is -2.27. The standard InChI is InChI=1S/C12H14N2OS/c1-12(2,3)11(15)14-10-6-4-5-9(7-10)13-8-16/h4-7H,1-3H3,(H,14,15). The van der Waals surface area contributed by atoms with Gasteiger partial charge in [-0.25, -0.2) is 0 Å². The van der Waals surface area contributed by atoms with Crippen LogP contribution >= 0.6 is 12.2 Å². The van der Waals surface area contributed by atoms with E-state index in [1.54, 1.807) is 12.1 Å². The van der Waals surface area contributed by atoms with Gasteiger partial charge in [-0.3, -0.25) is 4.79 Å². The Morgan fingerprint density at radius 3 is 2.69 bits per heavy atom. The van der Waals surface area contributed by atoms with Crippen LogP contribution in [0.3, 0.4) is 0 Å². The lowest BCUT2D eigenvalue weighted by molar-refractivity contribution is -0.123. The third-order valence-electron chi connectivity index (χ3n) is 1.96. The van der Waals surface area contributed by atoms with Crippen LogP contribution in [-0.4, -0.2) is 11.1 Å². The fourth-order valence-electron chi connectivity index (χ4n) is 1.02. The molecule has 1 amide bonds. The van der Waals surface area contributed by atoms with Crippen molar-refractivity contribution in [1.82, 2.24) is 0 Å². The van der Waals surface area contributed by atoms with Crippen molar-refractivity contribution in [3.8, 4) is 0 Å². The van der Waals surface area contributed by atoms with Crippen LogP contribution in [0.2, 0.25) is 0 Å². The Morgan fingerprint density at radius 2 is 2.12 bits per heavy atom. The number of aliphatic imine (C=N–C) groups is 1. The maximum atomic E-state index is 11.7. The maximum absolute atomic E-state index is 11.7. The zero-order valence-corrected chi connectivity index (χ0v) is 10.4. The van der Waals surface area contributed by atoms with Gasteiger partial charge in [0, 0.05) is 11.1 Å². The smallest absolute Gasteiger partial charge is 0.229 e. The van der Waals surface area contributed by atoms with Gasteiger partial charge in [0.2, 0.25) is 5.91 Å². The van der Waals surface area contributed by atoms with Gasteiger partial charge in [-0.2, -0.15) is 4.99 Å². The minimum Gasteiger partial charge on any atom is -0.326 e. The summed E-state index contributed by atoms with van der Waals surface area (Å²) in [4.78, 5) is 15.6. The monoisotopic (exact) mass is 234 g/mol. The molecule has 0 bridgehead atoms. The molecule has 0 aromatic heterocycles. The Balaban J connectivity index is 2.86. The van der Waals surface area contributed by atoms with Crippen LogP contribution in [0.4, 0.5) is 11.4 Å². The van der Waals surface area contributed by atoms with Crippen molar-refractivity contribution in [2.24, 2.45) is 10.4 Å². The maximum Gasteiger partial charge on any atom is 0.229 e. The van der Waals surface area contributed by atoms with E-state index >= 15 is 0 Å². The summed E-state index contributed by atoms with van der Waals surface area (Å²) in [6.45, 7) is 5.59. The molecule has 84 valence electrons. The van der Waals surface area contributed by atoms with E-state index in [4.69, 9.17) is 0 Å². The minimum absolute atomic E-state index is 0.0315. The summed E-state index contributed by atoms with van der Waals surface area (Å²) in [5.74, 6) is -0.0315. The molecular weight excluding hydrogens is 220 g/mol. The molecular formula is C12H14N2OS. The normalized spacial score (nSPS) is 10.4. The van der Waals surface area contributed by atoms with Crippen molar-refractivity contribution in [3.63, 3.8) is 0 Å². The van der Waals surface area contributed by atoms with E-state index in [1.165, 1.54) is 0 Å². The first-order chi connectivity index (χ1) is 7.43. The summed E-state index contributed by atoms with van der Waals surface area (Å²) in [5, 5.41) is 5.11. The number of nitrogens with one attached hydrogen (secondary N) is 1.